The highest BCUT2D eigenvalue weighted by Gasteiger charge is 2.14. The number of aromatic nitrogens is 1. The van der Waals surface area contributed by atoms with Gasteiger partial charge in [-0.1, -0.05) is 23.7 Å². The molecule has 0 saturated carbocycles. The zero-order chi connectivity index (χ0) is 19.4. The lowest BCUT2D eigenvalue weighted by molar-refractivity contribution is 0.0991. The van der Waals surface area contributed by atoms with Crippen LogP contribution in [0.25, 0.3) is 0 Å². The van der Waals surface area contributed by atoms with Gasteiger partial charge in [0.15, 0.2) is 17.4 Å². The first kappa shape index (κ1) is 18.7. The van der Waals surface area contributed by atoms with Crippen molar-refractivity contribution in [3.05, 3.63) is 76.7 Å². The van der Waals surface area contributed by atoms with E-state index in [1.807, 2.05) is 0 Å². The zero-order valence-electron chi connectivity index (χ0n) is 14.4. The molecule has 27 heavy (non-hydrogen) atoms. The van der Waals surface area contributed by atoms with Gasteiger partial charge >= 0.3 is 0 Å². The summed E-state index contributed by atoms with van der Waals surface area (Å²) in [6.45, 7) is 0. The fourth-order valence-corrected chi connectivity index (χ4v) is 2.61. The summed E-state index contributed by atoms with van der Waals surface area (Å²) in [6, 6.07) is 12.3. The number of nitrogens with two attached hydrogens (primary N) is 1. The first-order valence-electron chi connectivity index (χ1n) is 8.01. The Labute approximate surface area is 160 Å². The van der Waals surface area contributed by atoms with Crippen molar-refractivity contribution in [2.45, 2.75) is 6.42 Å². The first-order chi connectivity index (χ1) is 13.0. The molecule has 0 aliphatic rings. The van der Waals surface area contributed by atoms with Gasteiger partial charge in [0.05, 0.1) is 12.1 Å². The number of ether oxygens (including phenoxy) is 2. The van der Waals surface area contributed by atoms with E-state index in [2.05, 4.69) is 4.98 Å². The Morgan fingerprint density at radius 1 is 1.19 bits per heavy atom. The minimum absolute atomic E-state index is 0.126. The zero-order valence-corrected chi connectivity index (χ0v) is 15.2. The highest BCUT2D eigenvalue weighted by molar-refractivity contribution is 6.30. The van der Waals surface area contributed by atoms with Gasteiger partial charge in [0.25, 0.3) is 0 Å². The van der Waals surface area contributed by atoms with E-state index in [0.717, 1.165) is 0 Å². The average molecular weight is 387 g/mol. The van der Waals surface area contributed by atoms with E-state index >= 15 is 0 Å². The number of methoxy groups -OCH3 is 1. The van der Waals surface area contributed by atoms with E-state index in [1.165, 1.54) is 37.6 Å². The summed E-state index contributed by atoms with van der Waals surface area (Å²) in [6.07, 6.45) is 1.27. The van der Waals surface area contributed by atoms with Crippen molar-refractivity contribution in [3.63, 3.8) is 0 Å². The van der Waals surface area contributed by atoms with Crippen LogP contribution in [0.1, 0.15) is 15.9 Å². The number of halogens is 2. The highest BCUT2D eigenvalue weighted by atomic mass is 35.5. The number of hydrogen-bond acceptors (Lipinski definition) is 5. The third kappa shape index (κ3) is 4.54. The number of rotatable bonds is 6. The molecule has 5 nitrogen and oxygen atoms in total. The second-order valence-corrected chi connectivity index (χ2v) is 6.16. The van der Waals surface area contributed by atoms with E-state index in [4.69, 9.17) is 26.8 Å². The van der Waals surface area contributed by atoms with Gasteiger partial charge < -0.3 is 15.2 Å². The maximum Gasteiger partial charge on any atom is 0.170 e. The molecule has 0 bridgehead atoms. The summed E-state index contributed by atoms with van der Waals surface area (Å²) in [5, 5.41) is 0.356. The number of benzene rings is 2. The van der Waals surface area contributed by atoms with Crippen molar-refractivity contribution in [2.24, 2.45) is 0 Å². The number of anilines is 1. The van der Waals surface area contributed by atoms with Gasteiger partial charge in [-0.25, -0.2) is 9.37 Å². The predicted octanol–water partition coefficient (Wildman–Crippen LogP) is 4.68. The molecule has 7 heteroatoms. The molecule has 1 aromatic heterocycles. The predicted molar refractivity (Wildman–Crippen MR) is 101 cm³/mol. The molecule has 0 radical (unpaired) electrons. The molecule has 2 aromatic carbocycles. The van der Waals surface area contributed by atoms with Crippen molar-refractivity contribution in [1.29, 1.82) is 0 Å². The van der Waals surface area contributed by atoms with E-state index < -0.39 is 5.82 Å². The number of nitrogens with zero attached hydrogens (tertiary/aromatic N) is 1. The van der Waals surface area contributed by atoms with Crippen molar-refractivity contribution in [1.82, 2.24) is 4.98 Å². The number of ketones is 1. The minimum Gasteiger partial charge on any atom is -0.497 e. The Hall–Kier alpha value is -3.12. The van der Waals surface area contributed by atoms with Crippen LogP contribution in [0.4, 0.5) is 10.2 Å². The number of carbonyl (C=O) groups excluding carboxylic acids is 1. The molecular weight excluding hydrogens is 371 g/mol. The lowest BCUT2D eigenvalue weighted by atomic mass is 10.0. The van der Waals surface area contributed by atoms with Crippen LogP contribution in [0.15, 0.2) is 54.7 Å². The summed E-state index contributed by atoms with van der Waals surface area (Å²) in [7, 11) is 1.51. The summed E-state index contributed by atoms with van der Waals surface area (Å²) in [5.41, 5.74) is 6.39. The van der Waals surface area contributed by atoms with Gasteiger partial charge in [0, 0.05) is 24.2 Å². The van der Waals surface area contributed by atoms with Gasteiger partial charge in [0.2, 0.25) is 0 Å². The molecule has 0 saturated heterocycles. The third-order valence-corrected chi connectivity index (χ3v) is 4.04. The van der Waals surface area contributed by atoms with Crippen molar-refractivity contribution in [2.75, 3.05) is 12.8 Å². The number of hydrogen-bond donors (Lipinski definition) is 1. The van der Waals surface area contributed by atoms with Crippen molar-refractivity contribution < 1.29 is 18.7 Å². The van der Waals surface area contributed by atoms with Crippen LogP contribution >= 0.6 is 11.6 Å². The lowest BCUT2D eigenvalue weighted by Gasteiger charge is -2.10. The second-order valence-electron chi connectivity index (χ2n) is 5.72. The molecule has 0 spiro atoms. The summed E-state index contributed by atoms with van der Waals surface area (Å²) >= 11 is 5.89. The van der Waals surface area contributed by atoms with Crippen LogP contribution in [-0.4, -0.2) is 17.9 Å². The first-order valence-corrected chi connectivity index (χ1v) is 8.38. The normalized spacial score (nSPS) is 10.5. The summed E-state index contributed by atoms with van der Waals surface area (Å²) in [4.78, 5) is 16.4. The molecule has 0 aliphatic heterocycles. The van der Waals surface area contributed by atoms with Crippen LogP contribution in [0.3, 0.4) is 0 Å². The lowest BCUT2D eigenvalue weighted by Crippen LogP contribution is -2.06. The molecule has 0 unspecified atom stereocenters. The molecule has 0 amide bonds. The Morgan fingerprint density at radius 3 is 2.78 bits per heavy atom. The summed E-state index contributed by atoms with van der Waals surface area (Å²) < 4.78 is 24.9. The quantitative estimate of drug-likeness (QED) is 0.622. The minimum atomic E-state index is -0.504. The number of Topliss-reactive ketones (excluding diaryl/α,β-unsaturated/α-hetero) is 1. The maximum absolute atomic E-state index is 14.2. The summed E-state index contributed by atoms with van der Waals surface area (Å²) in [5.74, 6) is 0.532. The number of carbonyl (C=O) groups is 1. The Balaban J connectivity index is 1.82. The van der Waals surface area contributed by atoms with Crippen LogP contribution in [0, 0.1) is 5.82 Å². The van der Waals surface area contributed by atoms with Crippen LogP contribution in [0.2, 0.25) is 5.02 Å². The van der Waals surface area contributed by atoms with Gasteiger partial charge in [0.1, 0.15) is 17.3 Å². The smallest absolute Gasteiger partial charge is 0.170 e. The Morgan fingerprint density at radius 2 is 2.00 bits per heavy atom. The van der Waals surface area contributed by atoms with E-state index in [1.54, 1.807) is 24.3 Å². The van der Waals surface area contributed by atoms with Gasteiger partial charge in [-0.3, -0.25) is 4.79 Å². The van der Waals surface area contributed by atoms with Gasteiger partial charge in [-0.05, 0) is 35.9 Å². The van der Waals surface area contributed by atoms with E-state index in [-0.39, 0.29) is 29.3 Å². The molecule has 1 heterocycles. The van der Waals surface area contributed by atoms with Crippen LogP contribution < -0.4 is 15.2 Å². The van der Waals surface area contributed by atoms with Gasteiger partial charge in [-0.15, -0.1) is 0 Å². The molecule has 0 aliphatic carbocycles. The van der Waals surface area contributed by atoms with E-state index in [9.17, 15) is 9.18 Å². The second kappa shape index (κ2) is 8.05. The molecule has 3 rings (SSSR count). The average Bonchev–Trinajstić information content (AvgIpc) is 2.67. The Kier molecular flexibility index (Phi) is 5.57. The largest absolute Gasteiger partial charge is 0.497 e. The van der Waals surface area contributed by atoms with Crippen molar-refractivity contribution in [3.8, 4) is 17.2 Å². The van der Waals surface area contributed by atoms with Crippen molar-refractivity contribution >= 4 is 23.2 Å². The monoisotopic (exact) mass is 386 g/mol. The number of pyridine rings is 1. The van der Waals surface area contributed by atoms with Crippen LogP contribution in [-0.2, 0) is 6.42 Å². The molecule has 3 aromatic rings. The maximum atomic E-state index is 14.2. The molecule has 138 valence electrons. The molecular formula is C20H16ClFN2O3. The fraction of sp³-hybridized carbons (Fsp3) is 0.100. The van der Waals surface area contributed by atoms with Gasteiger partial charge in [-0.2, -0.15) is 0 Å². The molecule has 2 N–H and O–H groups in total. The molecule has 0 fully saturated rings. The number of nitrogen functional groups attached to an aromatic ring is 1. The topological polar surface area (TPSA) is 74.4 Å². The third-order valence-electron chi connectivity index (χ3n) is 3.84. The standard InChI is InChI=1S/C20H16ClFN2O3/c1-26-15-4-2-3-12(7-15)18(25)9-13-8-16(5-6-17(13)22)27-19-10-14(21)11-24-20(19)23/h2-8,10-11H,9H2,1H3,(H2,23,24). The Bertz CT molecular complexity index is 995. The van der Waals surface area contributed by atoms with E-state index in [0.29, 0.717) is 22.1 Å². The van der Waals surface area contributed by atoms with Crippen LogP contribution in [0.5, 0.6) is 17.2 Å². The SMILES string of the molecule is COc1cccc(C(=O)Cc2cc(Oc3cc(Cl)cnc3N)ccc2F)c1. The molecule has 0 atom stereocenters. The fourth-order valence-electron chi connectivity index (χ4n) is 2.46. The highest BCUT2D eigenvalue weighted by Crippen LogP contribution is 2.29.